The molecule has 1 aromatic rings. The van der Waals surface area contributed by atoms with Crippen LogP contribution < -0.4 is 4.74 Å². The summed E-state index contributed by atoms with van der Waals surface area (Å²) in [5.41, 5.74) is 0.0412. The monoisotopic (exact) mass is 264 g/mol. The lowest BCUT2D eigenvalue weighted by Gasteiger charge is -2.20. The predicted octanol–water partition coefficient (Wildman–Crippen LogP) is 1.17. The molecule has 1 amide bonds. The minimum absolute atomic E-state index is 0.0412. The lowest BCUT2D eigenvalue weighted by molar-refractivity contribution is -0.133. The van der Waals surface area contributed by atoms with Gasteiger partial charge >= 0.3 is 5.97 Å². The first kappa shape index (κ1) is 13.3. The zero-order valence-electron chi connectivity index (χ0n) is 10.7. The van der Waals surface area contributed by atoms with E-state index < -0.39 is 5.97 Å². The van der Waals surface area contributed by atoms with Crippen molar-refractivity contribution < 1.29 is 19.4 Å². The van der Waals surface area contributed by atoms with E-state index in [-0.39, 0.29) is 18.1 Å². The van der Waals surface area contributed by atoms with Crippen molar-refractivity contribution in [3.8, 4) is 5.75 Å². The van der Waals surface area contributed by atoms with E-state index in [4.69, 9.17) is 9.84 Å². The van der Waals surface area contributed by atoms with E-state index in [1.807, 2.05) is 6.92 Å². The third kappa shape index (κ3) is 3.43. The summed E-state index contributed by atoms with van der Waals surface area (Å²) < 4.78 is 5.30. The number of hydrogen-bond donors (Lipinski definition) is 1. The van der Waals surface area contributed by atoms with Crippen molar-refractivity contribution in [1.29, 1.82) is 0 Å². The van der Waals surface area contributed by atoms with Gasteiger partial charge in [0.25, 0.3) is 5.91 Å². The highest BCUT2D eigenvalue weighted by molar-refractivity contribution is 5.87. The van der Waals surface area contributed by atoms with Crippen LogP contribution in [0, 0.1) is 0 Å². The van der Waals surface area contributed by atoms with E-state index in [0.717, 1.165) is 12.8 Å². The largest absolute Gasteiger partial charge is 0.482 e. The quantitative estimate of drug-likeness (QED) is 0.834. The number of likely N-dealkylation sites (N-methyl/N-ethyl adjacent to an activating group) is 1. The van der Waals surface area contributed by atoms with Gasteiger partial charge in [0.1, 0.15) is 5.75 Å². The van der Waals surface area contributed by atoms with Crippen LogP contribution in [0.4, 0.5) is 0 Å². The first-order valence-electron chi connectivity index (χ1n) is 6.22. The molecule has 1 heterocycles. The Morgan fingerprint density at radius 1 is 1.47 bits per heavy atom. The summed E-state index contributed by atoms with van der Waals surface area (Å²) in [7, 11) is 0. The van der Waals surface area contributed by atoms with Crippen molar-refractivity contribution in [2.45, 2.75) is 25.8 Å². The molecule has 0 saturated heterocycles. The van der Waals surface area contributed by atoms with Crippen LogP contribution in [-0.2, 0) is 4.79 Å². The van der Waals surface area contributed by atoms with Gasteiger partial charge in [0.2, 0.25) is 0 Å². The van der Waals surface area contributed by atoms with Gasteiger partial charge in [-0.15, -0.1) is 0 Å². The number of aromatic nitrogens is 1. The third-order valence-corrected chi connectivity index (χ3v) is 2.97. The number of carboxylic acid groups (broad SMARTS) is 1. The molecule has 0 unspecified atom stereocenters. The van der Waals surface area contributed by atoms with Gasteiger partial charge in [0, 0.05) is 18.8 Å². The highest BCUT2D eigenvalue weighted by atomic mass is 16.5. The Balaban J connectivity index is 1.92. The van der Waals surface area contributed by atoms with Crippen molar-refractivity contribution in [3.05, 3.63) is 24.0 Å². The van der Waals surface area contributed by atoms with Gasteiger partial charge in [-0.1, -0.05) is 0 Å². The van der Waals surface area contributed by atoms with Crippen LogP contribution in [-0.4, -0.2) is 46.1 Å². The number of aromatic carboxylic acids is 1. The molecule has 1 aliphatic carbocycles. The molecule has 6 heteroatoms. The topological polar surface area (TPSA) is 79.7 Å². The summed E-state index contributed by atoms with van der Waals surface area (Å²) in [6, 6.07) is 1.71. The molecule has 1 N–H and O–H groups in total. The van der Waals surface area contributed by atoms with Crippen molar-refractivity contribution in [1.82, 2.24) is 9.88 Å². The van der Waals surface area contributed by atoms with Crippen LogP contribution in [0.1, 0.15) is 30.1 Å². The fourth-order valence-electron chi connectivity index (χ4n) is 1.87. The summed E-state index contributed by atoms with van der Waals surface area (Å²) in [5, 5.41) is 8.82. The molecule has 1 aromatic heterocycles. The van der Waals surface area contributed by atoms with Crippen molar-refractivity contribution in [2.75, 3.05) is 13.2 Å². The molecule has 0 aliphatic heterocycles. The number of carbonyl (C=O) groups excluding carboxylic acids is 1. The maximum absolute atomic E-state index is 11.9. The summed E-state index contributed by atoms with van der Waals surface area (Å²) in [6.07, 6.45) is 4.73. The number of carbonyl (C=O) groups is 2. The number of nitrogens with zero attached hydrogens (tertiary/aromatic N) is 2. The summed E-state index contributed by atoms with van der Waals surface area (Å²) in [4.78, 5) is 28.2. The number of carboxylic acids is 1. The number of hydrogen-bond acceptors (Lipinski definition) is 4. The van der Waals surface area contributed by atoms with Gasteiger partial charge in [-0.05, 0) is 25.8 Å². The van der Waals surface area contributed by atoms with Crippen molar-refractivity contribution in [2.24, 2.45) is 0 Å². The molecule has 0 atom stereocenters. The molecule has 19 heavy (non-hydrogen) atoms. The van der Waals surface area contributed by atoms with Crippen molar-refractivity contribution in [3.63, 3.8) is 0 Å². The lowest BCUT2D eigenvalue weighted by Crippen LogP contribution is -2.36. The highest BCUT2D eigenvalue weighted by Crippen LogP contribution is 2.26. The molecule has 1 fully saturated rings. The summed E-state index contributed by atoms with van der Waals surface area (Å²) in [5.74, 6) is -0.858. The Kier molecular flexibility index (Phi) is 3.99. The number of amides is 1. The zero-order valence-corrected chi connectivity index (χ0v) is 10.7. The molecule has 2 rings (SSSR count). The molecule has 1 saturated carbocycles. The van der Waals surface area contributed by atoms with E-state index >= 15 is 0 Å². The van der Waals surface area contributed by atoms with Gasteiger partial charge in [-0.2, -0.15) is 0 Å². The van der Waals surface area contributed by atoms with Crippen LogP contribution in [0.15, 0.2) is 18.5 Å². The summed E-state index contributed by atoms with van der Waals surface area (Å²) in [6.45, 7) is 2.51. The van der Waals surface area contributed by atoms with Gasteiger partial charge in [-0.25, -0.2) is 4.79 Å². The molecular formula is C13H16N2O4. The molecule has 0 bridgehead atoms. The Labute approximate surface area is 111 Å². The standard InChI is InChI=1S/C13H16N2O4/c1-2-15(10-3-4-10)12(16)8-19-11-5-9(13(17)18)6-14-7-11/h5-7,10H,2-4,8H2,1H3,(H,17,18). The minimum Gasteiger partial charge on any atom is -0.482 e. The average Bonchev–Trinajstić information content (AvgIpc) is 3.22. The van der Waals surface area contributed by atoms with Crippen LogP contribution >= 0.6 is 0 Å². The first-order chi connectivity index (χ1) is 9.11. The van der Waals surface area contributed by atoms with E-state index in [0.29, 0.717) is 18.3 Å². The van der Waals surface area contributed by atoms with Crippen LogP contribution in [0.3, 0.4) is 0 Å². The van der Waals surface area contributed by atoms with Crippen molar-refractivity contribution >= 4 is 11.9 Å². The fourth-order valence-corrected chi connectivity index (χ4v) is 1.87. The maximum atomic E-state index is 11.9. The number of rotatable bonds is 6. The van der Waals surface area contributed by atoms with Gasteiger partial charge < -0.3 is 14.7 Å². The first-order valence-corrected chi connectivity index (χ1v) is 6.22. The molecular weight excluding hydrogens is 248 g/mol. The minimum atomic E-state index is -1.07. The second kappa shape index (κ2) is 5.69. The second-order valence-corrected chi connectivity index (χ2v) is 4.41. The molecule has 0 aromatic carbocycles. The molecule has 6 nitrogen and oxygen atoms in total. The Morgan fingerprint density at radius 3 is 2.79 bits per heavy atom. The van der Waals surface area contributed by atoms with Gasteiger partial charge in [-0.3, -0.25) is 9.78 Å². The second-order valence-electron chi connectivity index (χ2n) is 4.41. The van der Waals surface area contributed by atoms with E-state index in [9.17, 15) is 9.59 Å². The van der Waals surface area contributed by atoms with E-state index in [2.05, 4.69) is 4.98 Å². The van der Waals surface area contributed by atoms with Crippen LogP contribution in [0.5, 0.6) is 5.75 Å². The molecule has 0 radical (unpaired) electrons. The molecule has 1 aliphatic rings. The average molecular weight is 264 g/mol. The Morgan fingerprint density at radius 2 is 2.21 bits per heavy atom. The maximum Gasteiger partial charge on any atom is 0.337 e. The molecule has 102 valence electrons. The summed E-state index contributed by atoms with van der Waals surface area (Å²) >= 11 is 0. The zero-order chi connectivity index (χ0) is 13.8. The Bertz CT molecular complexity index is 485. The van der Waals surface area contributed by atoms with E-state index in [1.165, 1.54) is 18.5 Å². The Hall–Kier alpha value is -2.11. The van der Waals surface area contributed by atoms with Crippen LogP contribution in [0.2, 0.25) is 0 Å². The van der Waals surface area contributed by atoms with E-state index in [1.54, 1.807) is 4.90 Å². The number of ether oxygens (including phenoxy) is 1. The number of pyridine rings is 1. The smallest absolute Gasteiger partial charge is 0.337 e. The molecule has 0 spiro atoms. The van der Waals surface area contributed by atoms with Gasteiger partial charge in [0.15, 0.2) is 6.61 Å². The third-order valence-electron chi connectivity index (χ3n) is 2.97. The fraction of sp³-hybridized carbons (Fsp3) is 0.462. The normalized spacial score (nSPS) is 13.9. The highest BCUT2D eigenvalue weighted by Gasteiger charge is 2.31. The van der Waals surface area contributed by atoms with Gasteiger partial charge in [0.05, 0.1) is 11.8 Å². The van der Waals surface area contributed by atoms with Crippen LogP contribution in [0.25, 0.3) is 0 Å². The lowest BCUT2D eigenvalue weighted by atomic mass is 10.3. The predicted molar refractivity (Wildman–Crippen MR) is 67.1 cm³/mol. The SMILES string of the molecule is CCN(C(=O)COc1cncc(C(=O)O)c1)C1CC1.